The predicted molar refractivity (Wildman–Crippen MR) is 127 cm³/mol. The van der Waals surface area contributed by atoms with Gasteiger partial charge < -0.3 is 9.84 Å². The van der Waals surface area contributed by atoms with E-state index in [1.807, 2.05) is 0 Å². The van der Waals surface area contributed by atoms with E-state index in [1.54, 1.807) is 6.92 Å². The van der Waals surface area contributed by atoms with Crippen molar-refractivity contribution >= 4 is 5.97 Å². The molecule has 3 heteroatoms. The van der Waals surface area contributed by atoms with Gasteiger partial charge in [-0.05, 0) is 79.2 Å². The van der Waals surface area contributed by atoms with Gasteiger partial charge in [-0.15, -0.1) is 0 Å². The Morgan fingerprint density at radius 2 is 1.65 bits per heavy atom. The fourth-order valence-electron chi connectivity index (χ4n) is 4.49. The van der Waals surface area contributed by atoms with E-state index < -0.39 is 0 Å². The summed E-state index contributed by atoms with van der Waals surface area (Å²) in [6.07, 6.45) is 9.96. The second-order valence-corrected chi connectivity index (χ2v) is 8.79. The van der Waals surface area contributed by atoms with Gasteiger partial charge in [-0.25, -0.2) is 4.79 Å². The third-order valence-corrected chi connectivity index (χ3v) is 6.30. The summed E-state index contributed by atoms with van der Waals surface area (Å²) in [5.74, 6) is 0.397. The number of carbonyl (C=O) groups is 1. The zero-order chi connectivity index (χ0) is 22.1. The number of aliphatic hydroxyl groups is 1. The Balaban J connectivity index is 1.70. The van der Waals surface area contributed by atoms with Gasteiger partial charge in [0, 0.05) is 12.2 Å². The Labute approximate surface area is 187 Å². The van der Waals surface area contributed by atoms with E-state index in [1.165, 1.54) is 59.9 Å². The smallest absolute Gasteiger partial charge is 0.333 e. The zero-order valence-electron chi connectivity index (χ0n) is 18.9. The molecule has 1 aliphatic carbocycles. The lowest BCUT2D eigenvalue weighted by atomic mass is 9.83. The summed E-state index contributed by atoms with van der Waals surface area (Å²) in [4.78, 5) is 11.6. The Bertz CT molecular complexity index is 860. The fourth-order valence-corrected chi connectivity index (χ4v) is 4.49. The number of esters is 1. The summed E-state index contributed by atoms with van der Waals surface area (Å²) in [5.41, 5.74) is 6.90. The van der Waals surface area contributed by atoms with Gasteiger partial charge in [0.15, 0.2) is 0 Å². The molecule has 2 aromatic carbocycles. The van der Waals surface area contributed by atoms with Crippen LogP contribution in [0, 0.1) is 0 Å². The van der Waals surface area contributed by atoms with Crippen molar-refractivity contribution in [1.82, 2.24) is 0 Å². The van der Waals surface area contributed by atoms with E-state index in [4.69, 9.17) is 4.74 Å². The predicted octanol–water partition coefficient (Wildman–Crippen LogP) is 6.38. The second-order valence-electron chi connectivity index (χ2n) is 8.79. The Kier molecular flexibility index (Phi) is 8.90. The number of benzene rings is 2. The molecule has 0 saturated heterocycles. The topological polar surface area (TPSA) is 46.5 Å². The number of aryl methyl sites for hydroxylation is 2. The standard InChI is InChI=1S/C28H36O3/c1-21(2)28(30)31-19-7-11-26-20-27(17-16-23(26)10-6-18-29)25-14-12-24(13-15-25)22-8-4-3-5-9-22/h12-17,20,22,29H,1,3-11,18-19H2,2H3. The summed E-state index contributed by atoms with van der Waals surface area (Å²) < 4.78 is 5.25. The molecule has 3 rings (SSSR count). The highest BCUT2D eigenvalue weighted by atomic mass is 16.5. The largest absolute Gasteiger partial charge is 0.462 e. The third kappa shape index (κ3) is 6.80. The molecule has 0 radical (unpaired) electrons. The molecule has 0 unspecified atom stereocenters. The highest BCUT2D eigenvalue weighted by Gasteiger charge is 2.15. The number of rotatable bonds is 10. The second kappa shape index (κ2) is 11.9. The van der Waals surface area contributed by atoms with Gasteiger partial charge in [-0.1, -0.05) is 68.3 Å². The van der Waals surface area contributed by atoms with Crippen LogP contribution >= 0.6 is 0 Å². The summed E-state index contributed by atoms with van der Waals surface area (Å²) in [6, 6.07) is 15.8. The van der Waals surface area contributed by atoms with Crippen molar-refractivity contribution < 1.29 is 14.6 Å². The molecule has 1 N–H and O–H groups in total. The van der Waals surface area contributed by atoms with Crippen LogP contribution in [0.2, 0.25) is 0 Å². The van der Waals surface area contributed by atoms with Gasteiger partial charge in [0.05, 0.1) is 6.61 Å². The Morgan fingerprint density at radius 1 is 0.968 bits per heavy atom. The van der Waals surface area contributed by atoms with Crippen molar-refractivity contribution in [2.75, 3.05) is 13.2 Å². The van der Waals surface area contributed by atoms with Crippen molar-refractivity contribution in [2.45, 2.75) is 70.6 Å². The number of ether oxygens (including phenoxy) is 1. The summed E-state index contributed by atoms with van der Waals surface area (Å²) in [6.45, 7) is 5.88. The Morgan fingerprint density at radius 3 is 2.32 bits per heavy atom. The van der Waals surface area contributed by atoms with Crippen molar-refractivity contribution in [2.24, 2.45) is 0 Å². The molecule has 0 atom stereocenters. The molecule has 1 aliphatic rings. The zero-order valence-corrected chi connectivity index (χ0v) is 18.9. The lowest BCUT2D eigenvalue weighted by molar-refractivity contribution is -0.139. The van der Waals surface area contributed by atoms with Crippen LogP contribution in [0.15, 0.2) is 54.6 Å². The van der Waals surface area contributed by atoms with Gasteiger partial charge in [-0.3, -0.25) is 0 Å². The molecule has 0 bridgehead atoms. The van der Waals surface area contributed by atoms with E-state index in [0.717, 1.165) is 31.6 Å². The molecule has 1 saturated carbocycles. The van der Waals surface area contributed by atoms with Gasteiger partial charge in [0.1, 0.15) is 0 Å². The lowest BCUT2D eigenvalue weighted by Gasteiger charge is -2.22. The molecular weight excluding hydrogens is 384 g/mol. The van der Waals surface area contributed by atoms with Crippen LogP contribution in [-0.2, 0) is 22.4 Å². The fraction of sp³-hybridized carbons (Fsp3) is 0.464. The molecule has 31 heavy (non-hydrogen) atoms. The number of hydrogen-bond acceptors (Lipinski definition) is 3. The van der Waals surface area contributed by atoms with Gasteiger partial charge >= 0.3 is 5.97 Å². The minimum absolute atomic E-state index is 0.194. The molecule has 0 spiro atoms. The molecule has 166 valence electrons. The van der Waals surface area contributed by atoms with E-state index in [2.05, 4.69) is 49.0 Å². The third-order valence-electron chi connectivity index (χ3n) is 6.30. The van der Waals surface area contributed by atoms with Crippen LogP contribution in [0.1, 0.15) is 74.5 Å². The quantitative estimate of drug-likeness (QED) is 0.276. The lowest BCUT2D eigenvalue weighted by Crippen LogP contribution is -2.07. The molecule has 0 aliphatic heterocycles. The van der Waals surface area contributed by atoms with Crippen LogP contribution in [0.5, 0.6) is 0 Å². The molecule has 0 aromatic heterocycles. The number of aliphatic hydroxyl groups excluding tert-OH is 1. The normalized spacial score (nSPS) is 14.4. The average molecular weight is 421 g/mol. The molecular formula is C28H36O3. The highest BCUT2D eigenvalue weighted by molar-refractivity contribution is 5.86. The van der Waals surface area contributed by atoms with Crippen LogP contribution in [0.25, 0.3) is 11.1 Å². The molecule has 3 nitrogen and oxygen atoms in total. The van der Waals surface area contributed by atoms with Gasteiger partial charge in [-0.2, -0.15) is 0 Å². The van der Waals surface area contributed by atoms with Gasteiger partial charge in [0.2, 0.25) is 0 Å². The first-order chi connectivity index (χ1) is 15.1. The highest BCUT2D eigenvalue weighted by Crippen LogP contribution is 2.34. The summed E-state index contributed by atoms with van der Waals surface area (Å²) in [5, 5.41) is 9.25. The maximum Gasteiger partial charge on any atom is 0.333 e. The SMILES string of the molecule is C=C(C)C(=O)OCCCc1cc(-c2ccc(C3CCCCC3)cc2)ccc1CCCO. The van der Waals surface area contributed by atoms with Crippen molar-refractivity contribution in [1.29, 1.82) is 0 Å². The molecule has 2 aromatic rings. The number of hydrogen-bond donors (Lipinski definition) is 1. The maximum atomic E-state index is 11.6. The molecule has 0 amide bonds. The van der Waals surface area contributed by atoms with Crippen molar-refractivity contribution in [3.8, 4) is 11.1 Å². The van der Waals surface area contributed by atoms with E-state index in [9.17, 15) is 9.90 Å². The monoisotopic (exact) mass is 420 g/mol. The number of carbonyl (C=O) groups excluding carboxylic acids is 1. The first-order valence-electron chi connectivity index (χ1n) is 11.7. The minimum atomic E-state index is -0.327. The first-order valence-corrected chi connectivity index (χ1v) is 11.7. The van der Waals surface area contributed by atoms with E-state index >= 15 is 0 Å². The average Bonchev–Trinajstić information content (AvgIpc) is 2.81. The van der Waals surface area contributed by atoms with Crippen LogP contribution in [-0.4, -0.2) is 24.3 Å². The van der Waals surface area contributed by atoms with Crippen LogP contribution < -0.4 is 0 Å². The maximum absolute atomic E-state index is 11.6. The Hall–Kier alpha value is -2.39. The van der Waals surface area contributed by atoms with E-state index in [-0.39, 0.29) is 12.6 Å². The van der Waals surface area contributed by atoms with Crippen molar-refractivity contribution in [3.63, 3.8) is 0 Å². The van der Waals surface area contributed by atoms with Crippen LogP contribution in [0.4, 0.5) is 0 Å². The molecule has 0 heterocycles. The summed E-state index contributed by atoms with van der Waals surface area (Å²) >= 11 is 0. The van der Waals surface area contributed by atoms with Gasteiger partial charge in [0.25, 0.3) is 0 Å². The summed E-state index contributed by atoms with van der Waals surface area (Å²) in [7, 11) is 0. The van der Waals surface area contributed by atoms with Crippen LogP contribution in [0.3, 0.4) is 0 Å². The van der Waals surface area contributed by atoms with E-state index in [0.29, 0.717) is 12.2 Å². The molecule has 1 fully saturated rings. The van der Waals surface area contributed by atoms with Crippen molar-refractivity contribution in [3.05, 3.63) is 71.3 Å². The minimum Gasteiger partial charge on any atom is -0.462 e. The first kappa shape index (κ1) is 23.3.